The zero-order valence-electron chi connectivity index (χ0n) is 4.09. The second-order valence-electron chi connectivity index (χ2n) is 0.788. The van der Waals surface area contributed by atoms with E-state index in [0.717, 1.165) is 0 Å². The average Bonchev–Trinajstić information content (AvgIpc) is 1.25. The first kappa shape index (κ1) is 9.74. The van der Waals surface area contributed by atoms with Crippen molar-refractivity contribution >= 4 is 12.1 Å². The second kappa shape index (κ2) is 5.54. The van der Waals surface area contributed by atoms with E-state index < -0.39 is 12.1 Å². The number of amides is 2. The van der Waals surface area contributed by atoms with Crippen molar-refractivity contribution in [3.63, 3.8) is 0 Å². The third kappa shape index (κ3) is 26.7. The van der Waals surface area contributed by atoms with Crippen molar-refractivity contribution < 1.29 is 9.90 Å². The lowest BCUT2D eigenvalue weighted by Gasteiger charge is -1.67. The zero-order chi connectivity index (χ0) is 7.15. The number of nitrogens with two attached hydrogens (primary N) is 3. The normalized spacial score (nSPS) is 6.00. The van der Waals surface area contributed by atoms with Gasteiger partial charge in [0.25, 0.3) is 6.02 Å². The molecule has 0 aliphatic rings. The Morgan fingerprint density at radius 1 is 1.38 bits per heavy atom. The van der Waals surface area contributed by atoms with E-state index in [0.29, 0.717) is 0 Å². The minimum absolute atomic E-state index is 0.833. The monoisotopic (exact) mass is 120 g/mol. The highest BCUT2D eigenvalue weighted by molar-refractivity contribution is 5.69. The van der Waals surface area contributed by atoms with Crippen molar-refractivity contribution in [2.45, 2.75) is 0 Å². The number of hydrogen-bond donors (Lipinski definition) is 5. The van der Waals surface area contributed by atoms with E-state index >= 15 is 0 Å². The van der Waals surface area contributed by atoms with E-state index in [2.05, 4.69) is 17.2 Å². The Morgan fingerprint density at radius 2 is 1.38 bits per heavy atom. The maximum Gasteiger partial charge on any atom is 0.309 e. The smallest absolute Gasteiger partial charge is 0.309 e. The van der Waals surface area contributed by atoms with Crippen molar-refractivity contribution in [2.75, 3.05) is 0 Å². The van der Waals surface area contributed by atoms with Crippen LogP contribution in [0, 0.1) is 5.41 Å². The number of urea groups is 1. The largest absolute Gasteiger partial charge is 0.481 e. The summed E-state index contributed by atoms with van der Waals surface area (Å²) in [4.78, 5) is 9.00. The van der Waals surface area contributed by atoms with Crippen LogP contribution in [0.1, 0.15) is 0 Å². The molecule has 0 atom stereocenters. The van der Waals surface area contributed by atoms with Gasteiger partial charge in [0, 0.05) is 0 Å². The van der Waals surface area contributed by atoms with E-state index in [1.807, 2.05) is 0 Å². The molecule has 0 unspecified atom stereocenters. The summed E-state index contributed by atoms with van der Waals surface area (Å²) in [6.07, 6.45) is 0. The van der Waals surface area contributed by atoms with E-state index in [4.69, 9.17) is 15.3 Å². The van der Waals surface area contributed by atoms with Crippen molar-refractivity contribution in [3.8, 4) is 0 Å². The second-order valence-corrected chi connectivity index (χ2v) is 0.788. The van der Waals surface area contributed by atoms with Crippen LogP contribution in [0.3, 0.4) is 0 Å². The van der Waals surface area contributed by atoms with Gasteiger partial charge in [0.1, 0.15) is 0 Å². The lowest BCUT2D eigenvalue weighted by molar-refractivity contribution is 0.256. The van der Waals surface area contributed by atoms with Gasteiger partial charge in [0.05, 0.1) is 0 Å². The minimum Gasteiger partial charge on any atom is -0.481 e. The van der Waals surface area contributed by atoms with Gasteiger partial charge in [-0.05, 0) is 0 Å². The quantitative estimate of drug-likeness (QED) is 0.195. The number of carbonyl (C=O) groups is 1. The fourth-order valence-electron chi connectivity index (χ4n) is 0. The average molecular weight is 120 g/mol. The Labute approximate surface area is 45.8 Å². The maximum atomic E-state index is 9.00. The molecule has 0 aromatic rings. The highest BCUT2D eigenvalue weighted by Crippen LogP contribution is 1.25. The first-order chi connectivity index (χ1) is 3.46. The predicted octanol–water partition coefficient (Wildman–Crippen LogP) is -1.54. The van der Waals surface area contributed by atoms with Gasteiger partial charge >= 0.3 is 6.03 Å². The first-order valence-electron chi connectivity index (χ1n) is 1.54. The number of aliphatic hydroxyl groups excluding tert-OH is 1. The molecule has 0 aromatic heterocycles. The lowest BCUT2D eigenvalue weighted by Crippen LogP contribution is -2.18. The SMILES string of the molecule is N=C(N)O.NC(N)=O. The summed E-state index contributed by atoms with van der Waals surface area (Å²) in [5, 5.41) is 13.2. The number of rotatable bonds is 0. The van der Waals surface area contributed by atoms with Crippen molar-refractivity contribution in [1.82, 2.24) is 0 Å². The zero-order valence-corrected chi connectivity index (χ0v) is 4.09. The fraction of sp³-hybridized carbons (Fsp3) is 0. The molecular formula is C2H8N4O2. The van der Waals surface area contributed by atoms with Crippen LogP contribution in [0.5, 0.6) is 0 Å². The Kier molecular flexibility index (Phi) is 6.74. The van der Waals surface area contributed by atoms with Gasteiger partial charge in [-0.2, -0.15) is 0 Å². The van der Waals surface area contributed by atoms with Crippen LogP contribution in [0.25, 0.3) is 0 Å². The molecule has 0 aromatic carbocycles. The molecule has 0 aliphatic heterocycles. The van der Waals surface area contributed by atoms with Gasteiger partial charge in [-0.25, -0.2) is 4.79 Å². The molecule has 0 radical (unpaired) electrons. The third-order valence-electron chi connectivity index (χ3n) is 0. The summed E-state index contributed by atoms with van der Waals surface area (Å²) in [5.74, 6) is 0. The van der Waals surface area contributed by atoms with Crippen LogP contribution in [0.4, 0.5) is 4.79 Å². The van der Waals surface area contributed by atoms with Crippen LogP contribution in [-0.2, 0) is 0 Å². The molecule has 0 fully saturated rings. The molecule has 8 heavy (non-hydrogen) atoms. The maximum absolute atomic E-state index is 9.00. The van der Waals surface area contributed by atoms with Gasteiger partial charge in [-0.1, -0.05) is 0 Å². The molecule has 0 rings (SSSR count). The number of carbonyl (C=O) groups excluding carboxylic acids is 1. The predicted molar refractivity (Wildman–Crippen MR) is 28.3 cm³/mol. The Morgan fingerprint density at radius 3 is 1.38 bits per heavy atom. The molecule has 0 spiro atoms. The molecule has 0 saturated heterocycles. The van der Waals surface area contributed by atoms with E-state index in [-0.39, 0.29) is 0 Å². The number of amidine groups is 1. The topological polar surface area (TPSA) is 139 Å². The summed E-state index contributed by atoms with van der Waals surface area (Å²) in [6.45, 7) is 0. The van der Waals surface area contributed by atoms with Gasteiger partial charge in [-0.3, -0.25) is 5.41 Å². The van der Waals surface area contributed by atoms with Gasteiger partial charge < -0.3 is 22.3 Å². The first-order valence-corrected chi connectivity index (χ1v) is 1.54. The summed E-state index contributed by atoms with van der Waals surface area (Å²) in [7, 11) is 0. The third-order valence-corrected chi connectivity index (χ3v) is 0. The van der Waals surface area contributed by atoms with Gasteiger partial charge in [0.15, 0.2) is 0 Å². The summed E-state index contributed by atoms with van der Waals surface area (Å²) in [6, 6.07) is -1.67. The molecule has 8 N–H and O–H groups in total. The molecule has 0 bridgehead atoms. The molecule has 0 heterocycles. The van der Waals surface area contributed by atoms with Crippen molar-refractivity contribution in [1.29, 1.82) is 5.41 Å². The molecule has 2 amide bonds. The number of nitrogens with one attached hydrogen (secondary N) is 1. The number of hydrogen-bond acceptors (Lipinski definition) is 2. The van der Waals surface area contributed by atoms with Crippen LogP contribution < -0.4 is 17.2 Å². The summed E-state index contributed by atoms with van der Waals surface area (Å²) < 4.78 is 0. The highest BCUT2D eigenvalue weighted by Gasteiger charge is 1.60. The van der Waals surface area contributed by atoms with Gasteiger partial charge in [-0.15, -0.1) is 0 Å². The molecular weight excluding hydrogens is 112 g/mol. The van der Waals surface area contributed by atoms with E-state index in [1.54, 1.807) is 0 Å². The van der Waals surface area contributed by atoms with E-state index in [1.165, 1.54) is 0 Å². The van der Waals surface area contributed by atoms with Crippen LogP contribution >= 0.6 is 0 Å². The van der Waals surface area contributed by atoms with E-state index in [9.17, 15) is 0 Å². The fourth-order valence-corrected chi connectivity index (χ4v) is 0. The van der Waals surface area contributed by atoms with Crippen molar-refractivity contribution in [2.24, 2.45) is 17.2 Å². The van der Waals surface area contributed by atoms with Crippen molar-refractivity contribution in [3.05, 3.63) is 0 Å². The number of aliphatic hydroxyl groups is 1. The van der Waals surface area contributed by atoms with Gasteiger partial charge in [0.2, 0.25) is 0 Å². The summed E-state index contributed by atoms with van der Waals surface area (Å²) >= 11 is 0. The highest BCUT2D eigenvalue weighted by atomic mass is 16.3. The Balaban J connectivity index is 0. The minimum atomic E-state index is -0.833. The Bertz CT molecular complexity index is 70.0. The molecule has 48 valence electrons. The standard InChI is InChI=1S/2CH4N2O/c2*2-1(3)4/h2*(H4,2,3,4). The number of primary amides is 2. The summed E-state index contributed by atoms with van der Waals surface area (Å²) in [5.41, 5.74) is 12.8. The molecule has 6 nitrogen and oxygen atoms in total. The lowest BCUT2D eigenvalue weighted by atomic mass is 11.2. The molecule has 0 saturated carbocycles. The van der Waals surface area contributed by atoms with Crippen LogP contribution in [0.2, 0.25) is 0 Å². The van der Waals surface area contributed by atoms with Crippen LogP contribution in [0.15, 0.2) is 0 Å². The van der Waals surface area contributed by atoms with Crippen LogP contribution in [-0.4, -0.2) is 17.2 Å². The Hall–Kier alpha value is -1.46. The molecule has 6 heteroatoms. The molecule has 0 aliphatic carbocycles.